The van der Waals surface area contributed by atoms with Crippen molar-refractivity contribution in [2.24, 2.45) is 0 Å². The van der Waals surface area contributed by atoms with Crippen LogP contribution in [0, 0.1) is 5.82 Å². The Hall–Kier alpha value is -0.450. The Kier molecular flexibility index (Phi) is 7.47. The van der Waals surface area contributed by atoms with Gasteiger partial charge in [0.1, 0.15) is 5.82 Å². The Morgan fingerprint density at radius 1 is 1.33 bits per heavy atom. The zero-order valence-corrected chi connectivity index (χ0v) is 12.6. The predicted octanol–water partition coefficient (Wildman–Crippen LogP) is 3.54. The SMILES string of the molecule is CCCOCCC(Cc1cc(F)cc(Br)c1)NC. The molecule has 0 spiro atoms. The van der Waals surface area contributed by atoms with E-state index in [1.165, 1.54) is 6.07 Å². The molecule has 0 bridgehead atoms. The molecule has 0 amide bonds. The number of likely N-dealkylation sites (N-methyl/N-ethyl adjacent to an activating group) is 1. The van der Waals surface area contributed by atoms with Crippen molar-refractivity contribution in [2.45, 2.75) is 32.2 Å². The first-order valence-electron chi connectivity index (χ1n) is 6.35. The number of hydrogen-bond donors (Lipinski definition) is 1. The average molecular weight is 318 g/mol. The van der Waals surface area contributed by atoms with E-state index < -0.39 is 0 Å². The molecule has 0 saturated heterocycles. The molecule has 0 aliphatic heterocycles. The van der Waals surface area contributed by atoms with Gasteiger partial charge in [-0.15, -0.1) is 0 Å². The summed E-state index contributed by atoms with van der Waals surface area (Å²) in [7, 11) is 1.93. The third kappa shape index (κ3) is 5.94. The first-order valence-corrected chi connectivity index (χ1v) is 7.15. The molecule has 1 aromatic rings. The summed E-state index contributed by atoms with van der Waals surface area (Å²) in [4.78, 5) is 0. The summed E-state index contributed by atoms with van der Waals surface area (Å²) < 4.78 is 19.5. The molecule has 0 fully saturated rings. The third-order valence-corrected chi connectivity index (χ3v) is 3.23. The Labute approximate surface area is 117 Å². The molecule has 1 rings (SSSR count). The Morgan fingerprint density at radius 3 is 2.72 bits per heavy atom. The number of nitrogens with one attached hydrogen (secondary N) is 1. The molecule has 0 aliphatic rings. The summed E-state index contributed by atoms with van der Waals surface area (Å²) >= 11 is 3.31. The van der Waals surface area contributed by atoms with E-state index in [0.717, 1.165) is 42.5 Å². The molecule has 0 aliphatic carbocycles. The van der Waals surface area contributed by atoms with Crippen LogP contribution in [-0.2, 0) is 11.2 Å². The zero-order chi connectivity index (χ0) is 13.4. The third-order valence-electron chi connectivity index (χ3n) is 2.77. The van der Waals surface area contributed by atoms with Gasteiger partial charge in [0.25, 0.3) is 0 Å². The summed E-state index contributed by atoms with van der Waals surface area (Å²) in [5.74, 6) is -0.198. The number of ether oxygens (including phenoxy) is 1. The lowest BCUT2D eigenvalue weighted by atomic mass is 10.0. The molecule has 4 heteroatoms. The Balaban J connectivity index is 2.46. The second-order valence-electron chi connectivity index (χ2n) is 4.37. The molecule has 0 heterocycles. The van der Waals surface area contributed by atoms with Crippen LogP contribution in [0.4, 0.5) is 4.39 Å². The van der Waals surface area contributed by atoms with E-state index in [2.05, 4.69) is 28.2 Å². The summed E-state index contributed by atoms with van der Waals surface area (Å²) in [6.45, 7) is 3.65. The second-order valence-corrected chi connectivity index (χ2v) is 5.28. The van der Waals surface area contributed by atoms with Gasteiger partial charge in [0.15, 0.2) is 0 Å². The topological polar surface area (TPSA) is 21.3 Å². The smallest absolute Gasteiger partial charge is 0.124 e. The second kappa shape index (κ2) is 8.62. The molecule has 18 heavy (non-hydrogen) atoms. The maximum atomic E-state index is 13.3. The van der Waals surface area contributed by atoms with Crippen LogP contribution < -0.4 is 5.32 Å². The molecule has 1 N–H and O–H groups in total. The van der Waals surface area contributed by atoms with Crippen LogP contribution in [0.15, 0.2) is 22.7 Å². The van der Waals surface area contributed by atoms with Crippen molar-refractivity contribution < 1.29 is 9.13 Å². The van der Waals surface area contributed by atoms with Crippen LogP contribution >= 0.6 is 15.9 Å². The minimum atomic E-state index is -0.198. The standard InChI is InChI=1S/C14H21BrFNO/c1-3-5-18-6-4-14(17-2)9-11-7-12(15)10-13(16)8-11/h7-8,10,14,17H,3-6,9H2,1-2H3. The molecule has 1 atom stereocenters. The summed E-state index contributed by atoms with van der Waals surface area (Å²) in [6.07, 6.45) is 2.79. The van der Waals surface area contributed by atoms with Gasteiger partial charge >= 0.3 is 0 Å². The fourth-order valence-electron chi connectivity index (χ4n) is 1.83. The molecule has 1 unspecified atom stereocenters. The van der Waals surface area contributed by atoms with Gasteiger partial charge in [0, 0.05) is 23.7 Å². The van der Waals surface area contributed by atoms with E-state index in [0.29, 0.717) is 6.04 Å². The van der Waals surface area contributed by atoms with Gasteiger partial charge in [0.2, 0.25) is 0 Å². The number of rotatable bonds is 8. The largest absolute Gasteiger partial charge is 0.381 e. The van der Waals surface area contributed by atoms with E-state index in [9.17, 15) is 4.39 Å². The summed E-state index contributed by atoms with van der Waals surface area (Å²) in [6, 6.07) is 5.33. The molecule has 2 nitrogen and oxygen atoms in total. The first kappa shape index (κ1) is 15.6. The molecule has 1 aromatic carbocycles. The summed E-state index contributed by atoms with van der Waals surface area (Å²) in [5.41, 5.74) is 0.997. The highest BCUT2D eigenvalue weighted by Gasteiger charge is 2.08. The van der Waals surface area contributed by atoms with Gasteiger partial charge in [0.05, 0.1) is 0 Å². The molecular formula is C14H21BrFNO. The van der Waals surface area contributed by atoms with E-state index in [-0.39, 0.29) is 5.82 Å². The van der Waals surface area contributed by atoms with Crippen LogP contribution in [0.3, 0.4) is 0 Å². The van der Waals surface area contributed by atoms with Crippen LogP contribution in [0.1, 0.15) is 25.3 Å². The minimum absolute atomic E-state index is 0.198. The monoisotopic (exact) mass is 317 g/mol. The highest BCUT2D eigenvalue weighted by atomic mass is 79.9. The van der Waals surface area contributed by atoms with E-state index in [1.807, 2.05) is 13.1 Å². The fourth-order valence-corrected chi connectivity index (χ4v) is 2.35. The van der Waals surface area contributed by atoms with Gasteiger partial charge in [-0.05, 0) is 50.1 Å². The summed E-state index contributed by atoms with van der Waals surface area (Å²) in [5, 5.41) is 3.25. The number of benzene rings is 1. The van der Waals surface area contributed by atoms with Crippen LogP contribution in [0.5, 0.6) is 0 Å². The van der Waals surface area contributed by atoms with Crippen molar-refractivity contribution in [3.05, 3.63) is 34.1 Å². The Bertz CT molecular complexity index is 339. The van der Waals surface area contributed by atoms with Crippen LogP contribution in [-0.4, -0.2) is 26.3 Å². The number of hydrogen-bond acceptors (Lipinski definition) is 2. The van der Waals surface area contributed by atoms with Gasteiger partial charge in [-0.1, -0.05) is 22.9 Å². The van der Waals surface area contributed by atoms with Crippen LogP contribution in [0.25, 0.3) is 0 Å². The van der Waals surface area contributed by atoms with Gasteiger partial charge < -0.3 is 10.1 Å². The molecule has 0 aromatic heterocycles. The zero-order valence-electron chi connectivity index (χ0n) is 11.0. The predicted molar refractivity (Wildman–Crippen MR) is 76.4 cm³/mol. The fraction of sp³-hybridized carbons (Fsp3) is 0.571. The van der Waals surface area contributed by atoms with Crippen molar-refractivity contribution in [1.29, 1.82) is 0 Å². The van der Waals surface area contributed by atoms with Crippen LogP contribution in [0.2, 0.25) is 0 Å². The van der Waals surface area contributed by atoms with E-state index >= 15 is 0 Å². The molecular weight excluding hydrogens is 297 g/mol. The maximum Gasteiger partial charge on any atom is 0.124 e. The Morgan fingerprint density at radius 2 is 2.11 bits per heavy atom. The van der Waals surface area contributed by atoms with Gasteiger partial charge in [-0.25, -0.2) is 4.39 Å². The highest BCUT2D eigenvalue weighted by Crippen LogP contribution is 2.16. The van der Waals surface area contributed by atoms with Crippen molar-refractivity contribution >= 4 is 15.9 Å². The van der Waals surface area contributed by atoms with Crippen molar-refractivity contribution in [3.63, 3.8) is 0 Å². The van der Waals surface area contributed by atoms with Crippen molar-refractivity contribution in [3.8, 4) is 0 Å². The highest BCUT2D eigenvalue weighted by molar-refractivity contribution is 9.10. The normalized spacial score (nSPS) is 12.7. The minimum Gasteiger partial charge on any atom is -0.381 e. The van der Waals surface area contributed by atoms with Crippen molar-refractivity contribution in [2.75, 3.05) is 20.3 Å². The molecule has 0 radical (unpaired) electrons. The quantitative estimate of drug-likeness (QED) is 0.740. The van der Waals surface area contributed by atoms with Gasteiger partial charge in [-0.2, -0.15) is 0 Å². The van der Waals surface area contributed by atoms with E-state index in [4.69, 9.17) is 4.74 Å². The molecule has 102 valence electrons. The lowest BCUT2D eigenvalue weighted by Gasteiger charge is -2.16. The first-order chi connectivity index (χ1) is 8.65. The van der Waals surface area contributed by atoms with Gasteiger partial charge in [-0.3, -0.25) is 0 Å². The van der Waals surface area contributed by atoms with Crippen molar-refractivity contribution in [1.82, 2.24) is 5.32 Å². The molecule has 0 saturated carbocycles. The maximum absolute atomic E-state index is 13.3. The van der Waals surface area contributed by atoms with E-state index in [1.54, 1.807) is 6.07 Å². The average Bonchev–Trinajstić information content (AvgIpc) is 2.32. The lowest BCUT2D eigenvalue weighted by molar-refractivity contribution is 0.125. The lowest BCUT2D eigenvalue weighted by Crippen LogP contribution is -2.29. The number of halogens is 2.